The molecular weight excluding hydrogens is 311 g/mol. The van der Waals surface area contributed by atoms with Crippen molar-refractivity contribution < 1.29 is 22.9 Å². The van der Waals surface area contributed by atoms with Crippen LogP contribution in [0.1, 0.15) is 0 Å². The van der Waals surface area contributed by atoms with Crippen LogP contribution in [0.5, 0.6) is 5.75 Å². The van der Waals surface area contributed by atoms with E-state index in [-0.39, 0.29) is 16.5 Å². The summed E-state index contributed by atoms with van der Waals surface area (Å²) in [6.45, 7) is 0. The Morgan fingerprint density at radius 1 is 1.44 bits per heavy atom. The quantitative estimate of drug-likeness (QED) is 0.517. The van der Waals surface area contributed by atoms with Crippen LogP contribution < -0.4 is 9.46 Å². The number of halogens is 2. The minimum absolute atomic E-state index is 0.109. The summed E-state index contributed by atoms with van der Waals surface area (Å²) >= 11 is 5.61. The number of rotatable bonds is 3. The van der Waals surface area contributed by atoms with Crippen LogP contribution in [0.2, 0.25) is 5.02 Å². The topological polar surface area (TPSA) is 116 Å². The number of benzene rings is 1. The molecule has 1 amide bonds. The molecule has 0 atom stereocenters. The Labute approximate surface area is 110 Å². The summed E-state index contributed by atoms with van der Waals surface area (Å²) in [5, 5.41) is 10.4. The molecule has 1 N–H and O–H groups in total. The van der Waals surface area contributed by atoms with E-state index in [1.165, 1.54) is 4.72 Å². The molecule has 18 heavy (non-hydrogen) atoms. The Morgan fingerprint density at radius 3 is 2.56 bits per heavy atom. The number of hydrogen-bond donors (Lipinski definition) is 1. The Balaban J connectivity index is 2.93. The van der Waals surface area contributed by atoms with E-state index in [0.717, 1.165) is 18.2 Å². The second-order valence-corrected chi connectivity index (χ2v) is 5.51. The maximum atomic E-state index is 11.0. The number of carbonyl (C=O) groups is 1. The lowest BCUT2D eigenvalue weighted by Gasteiger charge is -2.05. The summed E-state index contributed by atoms with van der Waals surface area (Å²) in [4.78, 5) is 20.8. The van der Waals surface area contributed by atoms with Crippen molar-refractivity contribution in [2.24, 2.45) is 0 Å². The van der Waals surface area contributed by atoms with Crippen molar-refractivity contribution in [2.45, 2.75) is 0 Å². The fourth-order valence-electron chi connectivity index (χ4n) is 0.904. The molecule has 0 aliphatic rings. The Morgan fingerprint density at radius 2 is 2.06 bits per heavy atom. The molecule has 0 aromatic heterocycles. The zero-order valence-corrected chi connectivity index (χ0v) is 10.6. The molecule has 0 aliphatic carbocycles. The van der Waals surface area contributed by atoms with Crippen LogP contribution in [0.4, 0.5) is 10.5 Å². The molecule has 0 saturated carbocycles. The highest BCUT2D eigenvalue weighted by Crippen LogP contribution is 2.28. The van der Waals surface area contributed by atoms with Gasteiger partial charge in [-0.05, 0) is 6.07 Å². The molecule has 0 spiro atoms. The second-order valence-electron chi connectivity index (χ2n) is 2.80. The zero-order chi connectivity index (χ0) is 13.9. The number of amides is 1. The fraction of sp³-hybridized carbons (Fsp3) is 0. The predicted molar refractivity (Wildman–Crippen MR) is 62.0 cm³/mol. The van der Waals surface area contributed by atoms with Crippen LogP contribution in [-0.4, -0.2) is 19.4 Å². The number of non-ortho nitro benzene ring substituents is 1. The number of nitro groups is 1. The monoisotopic (exact) mass is 314 g/mol. The zero-order valence-electron chi connectivity index (χ0n) is 8.29. The van der Waals surface area contributed by atoms with E-state index in [9.17, 15) is 23.3 Å². The van der Waals surface area contributed by atoms with Gasteiger partial charge in [-0.1, -0.05) is 11.6 Å². The van der Waals surface area contributed by atoms with Crippen molar-refractivity contribution in [3.05, 3.63) is 33.3 Å². The smallest absolute Gasteiger partial charge is 0.408 e. The number of ether oxygens (including phenoxy) is 1. The summed E-state index contributed by atoms with van der Waals surface area (Å²) in [5.41, 5.74) is -0.379. The first-order valence-corrected chi connectivity index (χ1v) is 6.76. The molecule has 1 rings (SSSR count). The molecule has 0 unspecified atom stereocenters. The van der Waals surface area contributed by atoms with Crippen molar-refractivity contribution in [3.63, 3.8) is 0 Å². The summed E-state index contributed by atoms with van der Waals surface area (Å²) in [7, 11) is 0.423. The minimum Gasteiger partial charge on any atom is -0.408 e. The number of nitrogens with one attached hydrogen (secondary N) is 1. The van der Waals surface area contributed by atoms with Gasteiger partial charge in [-0.25, -0.2) is 9.52 Å². The lowest BCUT2D eigenvalue weighted by molar-refractivity contribution is -0.384. The average Bonchev–Trinajstić information content (AvgIpc) is 2.18. The molecule has 1 aromatic rings. The Kier molecular flexibility index (Phi) is 4.33. The highest BCUT2D eigenvalue weighted by molar-refractivity contribution is 8.12. The molecule has 8 nitrogen and oxygen atoms in total. The van der Waals surface area contributed by atoms with Crippen LogP contribution in [0.3, 0.4) is 0 Å². The standard InChI is InChI=1S/C7H4Cl2N2O6S/c8-5-2-1-4(11(13)14)3-6(5)17-7(12)10-18(9,15)16/h1-3H,(H,10,12). The summed E-state index contributed by atoms with van der Waals surface area (Å²) < 4.78 is 26.8. The van der Waals surface area contributed by atoms with Gasteiger partial charge in [-0.2, -0.15) is 8.42 Å². The van der Waals surface area contributed by atoms with Gasteiger partial charge in [0.2, 0.25) is 0 Å². The molecule has 1 aromatic carbocycles. The van der Waals surface area contributed by atoms with Gasteiger partial charge in [0.05, 0.1) is 16.0 Å². The average molecular weight is 315 g/mol. The summed E-state index contributed by atoms with van der Waals surface area (Å²) in [5.74, 6) is -0.372. The van der Waals surface area contributed by atoms with E-state index in [1.54, 1.807) is 0 Å². The third-order valence-electron chi connectivity index (χ3n) is 1.53. The van der Waals surface area contributed by atoms with E-state index in [2.05, 4.69) is 4.74 Å². The van der Waals surface area contributed by atoms with Crippen LogP contribution >= 0.6 is 22.3 Å². The first-order chi connectivity index (χ1) is 8.19. The van der Waals surface area contributed by atoms with Gasteiger partial charge in [-0.15, -0.1) is 0 Å². The lowest BCUT2D eigenvalue weighted by atomic mass is 10.3. The van der Waals surface area contributed by atoms with Crippen molar-refractivity contribution in [1.82, 2.24) is 4.72 Å². The fourth-order valence-corrected chi connectivity index (χ4v) is 1.49. The minimum atomic E-state index is -4.31. The third kappa shape index (κ3) is 4.35. The number of carbonyl (C=O) groups excluding carboxylic acids is 1. The highest BCUT2D eigenvalue weighted by Gasteiger charge is 2.17. The molecule has 11 heteroatoms. The van der Waals surface area contributed by atoms with E-state index in [1.807, 2.05) is 0 Å². The van der Waals surface area contributed by atoms with Gasteiger partial charge in [0.1, 0.15) is 0 Å². The van der Waals surface area contributed by atoms with Crippen LogP contribution in [0, 0.1) is 10.1 Å². The molecule has 0 radical (unpaired) electrons. The molecular formula is C7H4Cl2N2O6S. The molecule has 0 fully saturated rings. The van der Waals surface area contributed by atoms with Gasteiger partial charge in [0, 0.05) is 16.7 Å². The lowest BCUT2D eigenvalue weighted by Crippen LogP contribution is -2.29. The molecule has 0 saturated heterocycles. The number of nitro benzene ring substituents is 1. The first-order valence-electron chi connectivity index (χ1n) is 4.07. The van der Waals surface area contributed by atoms with Crippen LogP contribution in [-0.2, 0) is 9.24 Å². The van der Waals surface area contributed by atoms with E-state index in [0.29, 0.717) is 0 Å². The summed E-state index contributed by atoms with van der Waals surface area (Å²) in [6, 6.07) is 3.08. The maximum absolute atomic E-state index is 11.0. The van der Waals surface area contributed by atoms with Gasteiger partial charge in [0.15, 0.2) is 5.75 Å². The molecule has 0 bridgehead atoms. The third-order valence-corrected chi connectivity index (χ3v) is 2.49. The molecule has 98 valence electrons. The maximum Gasteiger partial charge on any atom is 0.427 e. The number of hydrogen-bond acceptors (Lipinski definition) is 6. The normalized spacial score (nSPS) is 10.8. The van der Waals surface area contributed by atoms with Crippen molar-refractivity contribution in [1.29, 1.82) is 0 Å². The van der Waals surface area contributed by atoms with Crippen LogP contribution in [0.25, 0.3) is 0 Å². The Bertz CT molecular complexity index is 602. The van der Waals surface area contributed by atoms with Crippen molar-refractivity contribution in [3.8, 4) is 5.75 Å². The van der Waals surface area contributed by atoms with E-state index >= 15 is 0 Å². The summed E-state index contributed by atoms with van der Waals surface area (Å²) in [6.07, 6.45) is -1.44. The van der Waals surface area contributed by atoms with Gasteiger partial charge in [-0.3, -0.25) is 10.1 Å². The SMILES string of the molecule is O=C(NS(=O)(=O)Cl)Oc1cc([N+](=O)[O-])ccc1Cl. The van der Waals surface area contributed by atoms with Gasteiger partial charge in [0.25, 0.3) is 5.69 Å². The van der Waals surface area contributed by atoms with Crippen LogP contribution in [0.15, 0.2) is 18.2 Å². The number of nitrogens with zero attached hydrogens (tertiary/aromatic N) is 1. The first kappa shape index (κ1) is 14.5. The highest BCUT2D eigenvalue weighted by atomic mass is 35.7. The van der Waals surface area contributed by atoms with Crippen molar-refractivity contribution in [2.75, 3.05) is 0 Å². The molecule has 0 aliphatic heterocycles. The van der Waals surface area contributed by atoms with Gasteiger partial charge >= 0.3 is 15.3 Å². The van der Waals surface area contributed by atoms with Gasteiger partial charge < -0.3 is 4.74 Å². The molecule has 0 heterocycles. The predicted octanol–water partition coefficient (Wildman–Crippen LogP) is 1.82. The second kappa shape index (κ2) is 5.38. The largest absolute Gasteiger partial charge is 0.427 e. The van der Waals surface area contributed by atoms with E-state index < -0.39 is 20.3 Å². The van der Waals surface area contributed by atoms with E-state index in [4.69, 9.17) is 22.3 Å². The Hall–Kier alpha value is -1.58. The van der Waals surface area contributed by atoms with Crippen molar-refractivity contribution >= 4 is 43.3 Å².